The van der Waals surface area contributed by atoms with E-state index in [1.807, 2.05) is 0 Å². The third-order valence-corrected chi connectivity index (χ3v) is 5.10. The van der Waals surface area contributed by atoms with Gasteiger partial charge in [0.15, 0.2) is 0 Å². The Balaban J connectivity index is 2.80. The van der Waals surface area contributed by atoms with Gasteiger partial charge in [0.1, 0.15) is 18.1 Å². The van der Waals surface area contributed by atoms with Crippen molar-refractivity contribution in [3.8, 4) is 0 Å². The summed E-state index contributed by atoms with van der Waals surface area (Å²) in [5.74, 6) is -6.30. The highest BCUT2D eigenvalue weighted by molar-refractivity contribution is 7.80. The molecule has 0 aromatic rings. The lowest BCUT2D eigenvalue weighted by atomic mass is 10.1. The van der Waals surface area contributed by atoms with E-state index in [-0.39, 0.29) is 18.6 Å². The maximum atomic E-state index is 12.7. The summed E-state index contributed by atoms with van der Waals surface area (Å²) < 4.78 is 0. The van der Waals surface area contributed by atoms with Gasteiger partial charge in [-0.25, -0.2) is 4.79 Å². The van der Waals surface area contributed by atoms with Gasteiger partial charge in [0.05, 0.1) is 6.04 Å². The average molecular weight is 477 g/mol. The van der Waals surface area contributed by atoms with E-state index in [2.05, 4.69) is 33.9 Å². The van der Waals surface area contributed by atoms with Gasteiger partial charge in [-0.05, 0) is 32.2 Å². The first kappa shape index (κ1) is 27.2. The highest BCUT2D eigenvalue weighted by atomic mass is 32.1. The van der Waals surface area contributed by atoms with Crippen molar-refractivity contribution in [3.63, 3.8) is 0 Å². The summed E-state index contributed by atoms with van der Waals surface area (Å²) in [5.41, 5.74) is 0. The van der Waals surface area contributed by atoms with Gasteiger partial charge in [-0.1, -0.05) is 0 Å². The number of amides is 3. The van der Waals surface area contributed by atoms with Crippen molar-refractivity contribution in [1.29, 1.82) is 0 Å². The number of hydrogen-bond donors (Lipinski definition) is 8. The SMILES string of the molecule is O=C(O)CCC(NC(=O)C(CS)NC(=O)C(CCC(=O)O)NC(=O)C1CCCN1)C(=O)O. The summed E-state index contributed by atoms with van der Waals surface area (Å²) in [6.07, 6.45) is -0.156. The number of carbonyl (C=O) groups excluding carboxylic acids is 3. The summed E-state index contributed by atoms with van der Waals surface area (Å²) >= 11 is 3.97. The molecular weight excluding hydrogens is 448 g/mol. The van der Waals surface area contributed by atoms with E-state index in [1.54, 1.807) is 0 Å². The molecule has 32 heavy (non-hydrogen) atoms. The fourth-order valence-corrected chi connectivity index (χ4v) is 3.24. The predicted octanol–water partition coefficient (Wildman–Crippen LogP) is -2.06. The summed E-state index contributed by atoms with van der Waals surface area (Å²) in [6.45, 7) is 0.637. The second-order valence-corrected chi connectivity index (χ2v) is 7.58. The van der Waals surface area contributed by atoms with Crippen LogP contribution >= 0.6 is 12.6 Å². The summed E-state index contributed by atoms with van der Waals surface area (Å²) in [7, 11) is 0. The highest BCUT2D eigenvalue weighted by Gasteiger charge is 2.31. The van der Waals surface area contributed by atoms with Crippen LogP contribution in [0.2, 0.25) is 0 Å². The van der Waals surface area contributed by atoms with Gasteiger partial charge in [0.2, 0.25) is 17.7 Å². The van der Waals surface area contributed by atoms with Gasteiger partial charge in [-0.3, -0.25) is 24.0 Å². The lowest BCUT2D eigenvalue weighted by molar-refractivity contribution is -0.143. The fraction of sp³-hybridized carbons (Fsp3) is 0.667. The average Bonchev–Trinajstić information content (AvgIpc) is 3.26. The Bertz CT molecular complexity index is 727. The molecule has 0 aromatic heterocycles. The molecule has 7 N–H and O–H groups in total. The molecule has 1 heterocycles. The zero-order chi connectivity index (χ0) is 24.3. The monoisotopic (exact) mass is 476 g/mol. The molecule has 1 fully saturated rings. The zero-order valence-corrected chi connectivity index (χ0v) is 18.1. The number of carbonyl (C=O) groups is 6. The first-order valence-electron chi connectivity index (χ1n) is 9.96. The van der Waals surface area contributed by atoms with E-state index in [0.717, 1.165) is 6.42 Å². The van der Waals surface area contributed by atoms with Crippen LogP contribution in [0.25, 0.3) is 0 Å². The van der Waals surface area contributed by atoms with Crippen molar-refractivity contribution in [2.45, 2.75) is 62.7 Å². The largest absolute Gasteiger partial charge is 0.481 e. The number of thiol groups is 1. The van der Waals surface area contributed by atoms with Crippen molar-refractivity contribution in [3.05, 3.63) is 0 Å². The minimum atomic E-state index is -1.49. The van der Waals surface area contributed by atoms with Crippen LogP contribution in [0.3, 0.4) is 0 Å². The molecule has 0 saturated carbocycles. The zero-order valence-electron chi connectivity index (χ0n) is 17.2. The molecule has 180 valence electrons. The van der Waals surface area contributed by atoms with Crippen molar-refractivity contribution in [1.82, 2.24) is 21.3 Å². The quantitative estimate of drug-likeness (QED) is 0.128. The number of hydrogen-bond acceptors (Lipinski definition) is 8. The molecule has 0 radical (unpaired) electrons. The maximum absolute atomic E-state index is 12.7. The molecule has 14 heteroatoms. The van der Waals surface area contributed by atoms with Gasteiger partial charge in [-0.15, -0.1) is 0 Å². The van der Waals surface area contributed by atoms with E-state index < -0.39 is 72.6 Å². The predicted molar refractivity (Wildman–Crippen MR) is 112 cm³/mol. The van der Waals surface area contributed by atoms with E-state index in [4.69, 9.17) is 15.3 Å². The highest BCUT2D eigenvalue weighted by Crippen LogP contribution is 2.07. The maximum Gasteiger partial charge on any atom is 0.326 e. The fourth-order valence-electron chi connectivity index (χ4n) is 2.98. The van der Waals surface area contributed by atoms with Crippen LogP contribution in [-0.4, -0.2) is 87.4 Å². The van der Waals surface area contributed by atoms with Gasteiger partial charge < -0.3 is 36.6 Å². The molecule has 13 nitrogen and oxygen atoms in total. The minimum Gasteiger partial charge on any atom is -0.481 e. The van der Waals surface area contributed by atoms with Crippen LogP contribution in [0.5, 0.6) is 0 Å². The van der Waals surface area contributed by atoms with E-state index in [0.29, 0.717) is 13.0 Å². The van der Waals surface area contributed by atoms with Crippen LogP contribution in [0.4, 0.5) is 0 Å². The molecule has 0 spiro atoms. The number of aliphatic carboxylic acids is 3. The summed E-state index contributed by atoms with van der Waals surface area (Å²) in [4.78, 5) is 70.3. The van der Waals surface area contributed by atoms with Crippen LogP contribution in [0.1, 0.15) is 38.5 Å². The standard InChI is InChI=1S/C18H28N4O9S/c23-13(24)5-3-10(20-15(27)9-2-1-7-19-9)16(28)22-12(8-32)17(29)21-11(18(30)31)4-6-14(25)26/h9-12,19,32H,1-8H2,(H,20,27)(H,21,29)(H,22,28)(H,23,24)(H,25,26)(H,30,31). The Morgan fingerprint density at radius 3 is 1.84 bits per heavy atom. The van der Waals surface area contributed by atoms with Gasteiger partial charge in [0, 0.05) is 18.6 Å². The van der Waals surface area contributed by atoms with Crippen molar-refractivity contribution >= 4 is 48.3 Å². The Morgan fingerprint density at radius 1 is 0.844 bits per heavy atom. The molecule has 4 unspecified atom stereocenters. The number of rotatable bonds is 14. The molecule has 3 amide bonds. The smallest absolute Gasteiger partial charge is 0.326 e. The Morgan fingerprint density at radius 2 is 1.38 bits per heavy atom. The molecule has 1 rings (SSSR count). The first-order valence-corrected chi connectivity index (χ1v) is 10.6. The summed E-state index contributed by atoms with van der Waals surface area (Å²) in [6, 6.07) is -4.54. The molecule has 1 aliphatic heterocycles. The lowest BCUT2D eigenvalue weighted by Crippen LogP contribution is -2.57. The molecule has 4 atom stereocenters. The first-order chi connectivity index (χ1) is 15.0. The van der Waals surface area contributed by atoms with Crippen LogP contribution in [0.15, 0.2) is 0 Å². The second kappa shape index (κ2) is 13.5. The van der Waals surface area contributed by atoms with Crippen LogP contribution in [-0.2, 0) is 28.8 Å². The third-order valence-electron chi connectivity index (χ3n) is 4.73. The van der Waals surface area contributed by atoms with Gasteiger partial charge in [-0.2, -0.15) is 12.6 Å². The molecule has 1 saturated heterocycles. The Kier molecular flexibility index (Phi) is 11.5. The number of carboxylic acids is 3. The third kappa shape index (κ3) is 9.51. The minimum absolute atomic E-state index is 0.225. The van der Waals surface area contributed by atoms with E-state index in [9.17, 15) is 28.8 Å². The molecular formula is C18H28N4O9S. The Hall–Kier alpha value is -2.87. The second-order valence-electron chi connectivity index (χ2n) is 7.22. The summed E-state index contributed by atoms with van der Waals surface area (Å²) in [5, 5.41) is 36.7. The van der Waals surface area contributed by atoms with E-state index in [1.165, 1.54) is 0 Å². The molecule has 0 bridgehead atoms. The van der Waals surface area contributed by atoms with Gasteiger partial charge in [0.25, 0.3) is 0 Å². The van der Waals surface area contributed by atoms with Gasteiger partial charge >= 0.3 is 17.9 Å². The van der Waals surface area contributed by atoms with Crippen molar-refractivity contribution in [2.75, 3.05) is 12.3 Å². The van der Waals surface area contributed by atoms with Crippen molar-refractivity contribution in [2.24, 2.45) is 0 Å². The van der Waals surface area contributed by atoms with Crippen LogP contribution in [0, 0.1) is 0 Å². The number of carboxylic acid groups (broad SMARTS) is 3. The normalized spacial score (nSPS) is 18.1. The topological polar surface area (TPSA) is 211 Å². The number of nitrogens with one attached hydrogen (secondary N) is 4. The lowest BCUT2D eigenvalue weighted by Gasteiger charge is -2.24. The van der Waals surface area contributed by atoms with Crippen molar-refractivity contribution < 1.29 is 44.1 Å². The van der Waals surface area contributed by atoms with E-state index >= 15 is 0 Å². The molecule has 1 aliphatic rings. The Labute approximate surface area is 189 Å². The molecule has 0 aromatic carbocycles. The molecule has 0 aliphatic carbocycles. The van der Waals surface area contributed by atoms with Crippen LogP contribution < -0.4 is 21.3 Å².